The molecule has 1 aromatic carbocycles. The number of aromatic carboxylic acids is 1. The van der Waals surface area contributed by atoms with Crippen LogP contribution in [0.1, 0.15) is 34.5 Å². The molecular formula is C17H15N3O3. The summed E-state index contributed by atoms with van der Waals surface area (Å²) in [4.78, 5) is 26.0. The molecule has 0 fully saturated rings. The standard InChI is InChI=1S/C17H15N3O3/c21-16-15-8-13(17(22)23)19-20(15)9-14(18-16)12-6-5-10-3-1-2-4-11(10)7-12/h5-9H,1-4H2,(H,18,21)(H,22,23). The summed E-state index contributed by atoms with van der Waals surface area (Å²) in [6, 6.07) is 7.48. The fourth-order valence-corrected chi connectivity index (χ4v) is 3.16. The number of H-pyrrole nitrogens is 1. The van der Waals surface area contributed by atoms with E-state index in [1.54, 1.807) is 6.20 Å². The summed E-state index contributed by atoms with van der Waals surface area (Å²) in [7, 11) is 0. The number of fused-ring (bicyclic) bond motifs is 2. The molecule has 0 unspecified atom stereocenters. The van der Waals surface area contributed by atoms with Crippen LogP contribution in [0.15, 0.2) is 35.3 Å². The third-order valence-electron chi connectivity index (χ3n) is 4.35. The lowest BCUT2D eigenvalue weighted by Crippen LogP contribution is -2.11. The van der Waals surface area contributed by atoms with Crippen molar-refractivity contribution in [3.05, 3.63) is 57.6 Å². The third-order valence-corrected chi connectivity index (χ3v) is 4.35. The molecule has 2 N–H and O–H groups in total. The zero-order valence-electron chi connectivity index (χ0n) is 12.4. The number of carboxylic acids is 1. The van der Waals surface area contributed by atoms with E-state index in [1.807, 2.05) is 6.07 Å². The van der Waals surface area contributed by atoms with Crippen molar-refractivity contribution < 1.29 is 9.90 Å². The number of hydrogen-bond donors (Lipinski definition) is 2. The highest BCUT2D eigenvalue weighted by Gasteiger charge is 2.14. The topological polar surface area (TPSA) is 87.5 Å². The minimum atomic E-state index is -1.15. The second-order valence-electron chi connectivity index (χ2n) is 5.85. The lowest BCUT2D eigenvalue weighted by atomic mass is 9.90. The van der Waals surface area contributed by atoms with E-state index in [4.69, 9.17) is 5.11 Å². The molecule has 116 valence electrons. The summed E-state index contributed by atoms with van der Waals surface area (Å²) in [5.74, 6) is -1.15. The van der Waals surface area contributed by atoms with E-state index in [0.29, 0.717) is 5.69 Å². The molecule has 1 aliphatic carbocycles. The monoisotopic (exact) mass is 309 g/mol. The average molecular weight is 309 g/mol. The van der Waals surface area contributed by atoms with Gasteiger partial charge < -0.3 is 10.1 Å². The van der Waals surface area contributed by atoms with E-state index in [1.165, 1.54) is 34.6 Å². The highest BCUT2D eigenvalue weighted by atomic mass is 16.4. The van der Waals surface area contributed by atoms with Crippen LogP contribution in [0.3, 0.4) is 0 Å². The number of aryl methyl sites for hydroxylation is 2. The molecule has 2 heterocycles. The molecule has 0 amide bonds. The number of aromatic nitrogens is 3. The van der Waals surface area contributed by atoms with E-state index in [2.05, 4.69) is 22.2 Å². The van der Waals surface area contributed by atoms with Gasteiger partial charge in [0.05, 0.1) is 11.9 Å². The predicted molar refractivity (Wildman–Crippen MR) is 84.9 cm³/mol. The Morgan fingerprint density at radius 1 is 1.17 bits per heavy atom. The minimum Gasteiger partial charge on any atom is -0.476 e. The average Bonchev–Trinajstić information content (AvgIpc) is 2.99. The third kappa shape index (κ3) is 2.32. The van der Waals surface area contributed by atoms with Gasteiger partial charge in [0.25, 0.3) is 5.56 Å². The normalized spacial score (nSPS) is 13.9. The van der Waals surface area contributed by atoms with Crippen molar-refractivity contribution in [1.82, 2.24) is 14.6 Å². The molecule has 6 nitrogen and oxygen atoms in total. The van der Waals surface area contributed by atoms with Gasteiger partial charge >= 0.3 is 5.97 Å². The van der Waals surface area contributed by atoms with E-state index in [0.717, 1.165) is 18.4 Å². The molecule has 6 heteroatoms. The molecule has 1 aliphatic rings. The Morgan fingerprint density at radius 2 is 1.96 bits per heavy atom. The number of carboxylic acid groups (broad SMARTS) is 1. The lowest BCUT2D eigenvalue weighted by Gasteiger charge is -2.16. The lowest BCUT2D eigenvalue weighted by molar-refractivity contribution is 0.0690. The summed E-state index contributed by atoms with van der Waals surface area (Å²) < 4.78 is 1.33. The Balaban J connectivity index is 1.85. The van der Waals surface area contributed by atoms with Gasteiger partial charge in [0, 0.05) is 6.07 Å². The number of carbonyl (C=O) groups is 1. The minimum absolute atomic E-state index is 0.141. The zero-order chi connectivity index (χ0) is 16.0. The maximum atomic E-state index is 12.2. The number of aromatic amines is 1. The second kappa shape index (κ2) is 5.08. The van der Waals surface area contributed by atoms with Gasteiger partial charge in [-0.25, -0.2) is 9.31 Å². The molecule has 0 aliphatic heterocycles. The molecule has 0 spiro atoms. The van der Waals surface area contributed by atoms with Gasteiger partial charge in [-0.15, -0.1) is 0 Å². The molecule has 3 aromatic rings. The first-order valence-electron chi connectivity index (χ1n) is 7.60. The Kier molecular flexibility index (Phi) is 3.04. The SMILES string of the molecule is O=C(O)c1cc2c(=O)[nH]c(-c3ccc4c(c3)CCCC4)cn2n1. The van der Waals surface area contributed by atoms with Gasteiger partial charge in [0.2, 0.25) is 0 Å². The van der Waals surface area contributed by atoms with Gasteiger partial charge in [-0.05, 0) is 48.4 Å². The summed E-state index contributed by atoms with van der Waals surface area (Å²) in [6.45, 7) is 0. The Bertz CT molecular complexity index is 984. The summed E-state index contributed by atoms with van der Waals surface area (Å²) in [5, 5.41) is 13.0. The van der Waals surface area contributed by atoms with Crippen molar-refractivity contribution in [1.29, 1.82) is 0 Å². The summed E-state index contributed by atoms with van der Waals surface area (Å²) in [5.41, 5.74) is 3.98. The number of nitrogens with one attached hydrogen (secondary N) is 1. The molecular weight excluding hydrogens is 294 g/mol. The molecule has 0 bridgehead atoms. The van der Waals surface area contributed by atoms with Crippen LogP contribution in [-0.4, -0.2) is 25.7 Å². The van der Waals surface area contributed by atoms with E-state index >= 15 is 0 Å². The van der Waals surface area contributed by atoms with Crippen LogP contribution in [0.2, 0.25) is 0 Å². The van der Waals surface area contributed by atoms with Gasteiger partial charge in [0.15, 0.2) is 5.69 Å². The van der Waals surface area contributed by atoms with Crippen LogP contribution in [0.4, 0.5) is 0 Å². The van der Waals surface area contributed by atoms with E-state index < -0.39 is 5.97 Å². The molecule has 0 saturated heterocycles. The Hall–Kier alpha value is -2.89. The van der Waals surface area contributed by atoms with Crippen LogP contribution < -0.4 is 5.56 Å². The van der Waals surface area contributed by atoms with Crippen molar-refractivity contribution >= 4 is 11.5 Å². The summed E-state index contributed by atoms with van der Waals surface area (Å²) in [6.07, 6.45) is 6.23. The maximum absolute atomic E-state index is 12.2. The predicted octanol–water partition coefficient (Wildman–Crippen LogP) is 2.27. The Labute approximate surface area is 131 Å². The summed E-state index contributed by atoms with van der Waals surface area (Å²) >= 11 is 0. The smallest absolute Gasteiger partial charge is 0.356 e. The van der Waals surface area contributed by atoms with Crippen molar-refractivity contribution in [3.63, 3.8) is 0 Å². The first-order valence-corrected chi connectivity index (χ1v) is 7.60. The van der Waals surface area contributed by atoms with Crippen LogP contribution in [0.25, 0.3) is 16.8 Å². The quantitative estimate of drug-likeness (QED) is 0.760. The molecule has 0 atom stereocenters. The van der Waals surface area contributed by atoms with Crippen LogP contribution in [-0.2, 0) is 12.8 Å². The molecule has 0 radical (unpaired) electrons. The van der Waals surface area contributed by atoms with Gasteiger partial charge in [0.1, 0.15) is 5.52 Å². The molecule has 23 heavy (non-hydrogen) atoms. The highest BCUT2D eigenvalue weighted by molar-refractivity contribution is 5.87. The fraction of sp³-hybridized carbons (Fsp3) is 0.235. The van der Waals surface area contributed by atoms with Gasteiger partial charge in [-0.2, -0.15) is 5.10 Å². The first kappa shape index (κ1) is 13.8. The van der Waals surface area contributed by atoms with Gasteiger partial charge in [-0.3, -0.25) is 4.79 Å². The van der Waals surface area contributed by atoms with Crippen molar-refractivity contribution in [2.45, 2.75) is 25.7 Å². The second-order valence-corrected chi connectivity index (χ2v) is 5.85. The fourth-order valence-electron chi connectivity index (χ4n) is 3.16. The number of benzene rings is 1. The zero-order valence-corrected chi connectivity index (χ0v) is 12.4. The van der Waals surface area contributed by atoms with E-state index in [-0.39, 0.29) is 16.8 Å². The van der Waals surface area contributed by atoms with Crippen molar-refractivity contribution in [3.8, 4) is 11.3 Å². The van der Waals surface area contributed by atoms with Crippen LogP contribution >= 0.6 is 0 Å². The molecule has 4 rings (SSSR count). The van der Waals surface area contributed by atoms with Crippen molar-refractivity contribution in [2.75, 3.05) is 0 Å². The van der Waals surface area contributed by atoms with Crippen LogP contribution in [0, 0.1) is 0 Å². The van der Waals surface area contributed by atoms with Crippen molar-refractivity contribution in [2.24, 2.45) is 0 Å². The largest absolute Gasteiger partial charge is 0.476 e. The molecule has 0 saturated carbocycles. The molecule has 2 aromatic heterocycles. The highest BCUT2D eigenvalue weighted by Crippen LogP contribution is 2.26. The Morgan fingerprint density at radius 3 is 2.74 bits per heavy atom. The van der Waals surface area contributed by atoms with Crippen LogP contribution in [0.5, 0.6) is 0 Å². The first-order chi connectivity index (χ1) is 11.1. The number of rotatable bonds is 2. The number of nitrogens with zero attached hydrogens (tertiary/aromatic N) is 2. The number of hydrogen-bond acceptors (Lipinski definition) is 3. The van der Waals surface area contributed by atoms with E-state index in [9.17, 15) is 9.59 Å². The maximum Gasteiger partial charge on any atom is 0.356 e. The van der Waals surface area contributed by atoms with Gasteiger partial charge in [-0.1, -0.05) is 12.1 Å².